The fraction of sp³-hybridized carbons (Fsp3) is 0.184. The van der Waals surface area contributed by atoms with E-state index in [2.05, 4.69) is 25.7 Å². The summed E-state index contributed by atoms with van der Waals surface area (Å²) in [5, 5.41) is 23.3. The van der Waals surface area contributed by atoms with Crippen LogP contribution < -0.4 is 5.32 Å². The number of carbonyl (C=O) groups excluding carboxylic acids is 3. The van der Waals surface area contributed by atoms with Crippen molar-refractivity contribution in [3.63, 3.8) is 0 Å². The van der Waals surface area contributed by atoms with Gasteiger partial charge in [0, 0.05) is 16.6 Å². The largest absolute Gasteiger partial charge is 0.465 e. The number of anilines is 2. The zero-order chi connectivity index (χ0) is 34.7. The normalized spacial score (nSPS) is 11.3. The standard InChI is InChI=1S/C38H33N5O6/c1-22-31-20-32(41-42-33(31)34(43-40-22)39-26-15-13-23(14-16-26)35(44)47-5)25-10-8-9-24(19-25)27-17-18-30(29-12-7-6-11-28(27)29)36(45)48-21-49-37(46)38(2,3)4/h6-20H,21H2,1-5H3,(H,39,43). The van der Waals surface area contributed by atoms with E-state index in [1.165, 1.54) is 7.11 Å². The average molecular weight is 656 g/mol. The maximum Gasteiger partial charge on any atom is 0.341 e. The van der Waals surface area contributed by atoms with Crippen LogP contribution in [0.1, 0.15) is 47.2 Å². The van der Waals surface area contributed by atoms with E-state index in [1.807, 2.05) is 67.6 Å². The van der Waals surface area contributed by atoms with E-state index in [1.54, 1.807) is 51.1 Å². The highest BCUT2D eigenvalue weighted by atomic mass is 16.7. The van der Waals surface area contributed by atoms with E-state index in [0.29, 0.717) is 44.9 Å². The van der Waals surface area contributed by atoms with Crippen LogP contribution in [0.5, 0.6) is 0 Å². The number of carbonyl (C=O) groups is 3. The molecule has 11 nitrogen and oxygen atoms in total. The number of esters is 3. The van der Waals surface area contributed by atoms with E-state index in [9.17, 15) is 14.4 Å². The first-order chi connectivity index (χ1) is 23.5. The lowest BCUT2D eigenvalue weighted by Gasteiger charge is -2.16. The van der Waals surface area contributed by atoms with Crippen molar-refractivity contribution in [3.8, 4) is 22.4 Å². The molecule has 0 aliphatic heterocycles. The van der Waals surface area contributed by atoms with E-state index in [4.69, 9.17) is 14.2 Å². The molecule has 49 heavy (non-hydrogen) atoms. The van der Waals surface area contributed by atoms with Crippen molar-refractivity contribution in [3.05, 3.63) is 108 Å². The summed E-state index contributed by atoms with van der Waals surface area (Å²) in [6.45, 7) is 6.58. The zero-order valence-corrected chi connectivity index (χ0v) is 27.6. The molecule has 2 aromatic heterocycles. The molecule has 4 aromatic carbocycles. The highest BCUT2D eigenvalue weighted by Crippen LogP contribution is 2.34. The minimum absolute atomic E-state index is 0.364. The summed E-state index contributed by atoms with van der Waals surface area (Å²) in [6.07, 6.45) is 0. The monoisotopic (exact) mass is 655 g/mol. The van der Waals surface area contributed by atoms with Crippen LogP contribution >= 0.6 is 0 Å². The predicted molar refractivity (Wildman–Crippen MR) is 185 cm³/mol. The molecule has 0 aliphatic rings. The van der Waals surface area contributed by atoms with Crippen LogP contribution in [0.25, 0.3) is 44.1 Å². The molecule has 1 N–H and O–H groups in total. The number of nitrogens with zero attached hydrogens (tertiary/aromatic N) is 4. The van der Waals surface area contributed by atoms with Gasteiger partial charge >= 0.3 is 17.9 Å². The van der Waals surface area contributed by atoms with Crippen molar-refractivity contribution in [2.45, 2.75) is 27.7 Å². The molecule has 0 bridgehead atoms. The Morgan fingerprint density at radius 3 is 2.18 bits per heavy atom. The van der Waals surface area contributed by atoms with Gasteiger partial charge < -0.3 is 19.5 Å². The van der Waals surface area contributed by atoms with Crippen molar-refractivity contribution in [1.29, 1.82) is 0 Å². The molecular formula is C38H33N5O6. The lowest BCUT2D eigenvalue weighted by molar-refractivity contribution is -0.161. The van der Waals surface area contributed by atoms with Crippen LogP contribution in [-0.4, -0.2) is 52.2 Å². The quantitative estimate of drug-likeness (QED) is 0.129. The first-order valence-electron chi connectivity index (χ1n) is 15.5. The van der Waals surface area contributed by atoms with Gasteiger partial charge in [-0.25, -0.2) is 9.59 Å². The molecule has 0 unspecified atom stereocenters. The number of rotatable bonds is 8. The van der Waals surface area contributed by atoms with Gasteiger partial charge in [0.2, 0.25) is 6.79 Å². The number of hydrogen-bond acceptors (Lipinski definition) is 11. The van der Waals surface area contributed by atoms with E-state index >= 15 is 0 Å². The van der Waals surface area contributed by atoms with Crippen LogP contribution in [-0.2, 0) is 19.0 Å². The number of hydrogen-bond donors (Lipinski definition) is 1. The van der Waals surface area contributed by atoms with Gasteiger partial charge in [0.1, 0.15) is 5.52 Å². The Kier molecular flexibility index (Phi) is 9.00. The van der Waals surface area contributed by atoms with Crippen molar-refractivity contribution in [2.75, 3.05) is 19.2 Å². The first kappa shape index (κ1) is 32.7. The second-order valence-electron chi connectivity index (χ2n) is 12.3. The van der Waals surface area contributed by atoms with Gasteiger partial charge in [0.15, 0.2) is 5.82 Å². The van der Waals surface area contributed by atoms with Gasteiger partial charge in [0.05, 0.1) is 35.0 Å². The molecule has 6 aromatic rings. The molecular weight excluding hydrogens is 622 g/mol. The molecule has 0 aliphatic carbocycles. The lowest BCUT2D eigenvalue weighted by Crippen LogP contribution is -2.24. The number of aryl methyl sites for hydroxylation is 1. The lowest BCUT2D eigenvalue weighted by atomic mass is 9.93. The highest BCUT2D eigenvalue weighted by Gasteiger charge is 2.24. The van der Waals surface area contributed by atoms with Crippen LogP contribution in [0.3, 0.4) is 0 Å². The van der Waals surface area contributed by atoms with Crippen LogP contribution in [0.15, 0.2) is 91.0 Å². The first-order valence-corrected chi connectivity index (χ1v) is 15.5. The molecule has 0 radical (unpaired) electrons. The Morgan fingerprint density at radius 2 is 1.45 bits per heavy atom. The van der Waals surface area contributed by atoms with Crippen LogP contribution in [0.2, 0.25) is 0 Å². The summed E-state index contributed by atoms with van der Waals surface area (Å²) in [5.74, 6) is -1.04. The van der Waals surface area contributed by atoms with Gasteiger partial charge in [-0.05, 0) is 92.1 Å². The summed E-state index contributed by atoms with van der Waals surface area (Å²) in [7, 11) is 1.34. The van der Waals surface area contributed by atoms with Gasteiger partial charge in [-0.1, -0.05) is 48.5 Å². The Bertz CT molecular complexity index is 2230. The Balaban J connectivity index is 1.28. The Labute approximate surface area is 282 Å². The van der Waals surface area contributed by atoms with Crippen molar-refractivity contribution in [2.24, 2.45) is 5.41 Å². The second-order valence-corrected chi connectivity index (χ2v) is 12.3. The van der Waals surface area contributed by atoms with Crippen molar-refractivity contribution in [1.82, 2.24) is 20.4 Å². The molecule has 11 heteroatoms. The molecule has 6 rings (SSSR count). The summed E-state index contributed by atoms with van der Waals surface area (Å²) in [6, 6.07) is 27.8. The van der Waals surface area contributed by atoms with Crippen molar-refractivity contribution < 1.29 is 28.6 Å². The average Bonchev–Trinajstić information content (AvgIpc) is 3.11. The Morgan fingerprint density at radius 1 is 0.714 bits per heavy atom. The fourth-order valence-corrected chi connectivity index (χ4v) is 5.24. The molecule has 0 fully saturated rings. The maximum absolute atomic E-state index is 13.0. The van der Waals surface area contributed by atoms with Gasteiger partial charge in [-0.3, -0.25) is 4.79 Å². The number of methoxy groups -OCH3 is 1. The minimum Gasteiger partial charge on any atom is -0.465 e. The summed E-state index contributed by atoms with van der Waals surface area (Å²) < 4.78 is 15.2. The number of ether oxygens (including phenoxy) is 3. The minimum atomic E-state index is -0.705. The number of fused-ring (bicyclic) bond motifs is 2. The van der Waals surface area contributed by atoms with E-state index < -0.39 is 30.1 Å². The summed E-state index contributed by atoms with van der Waals surface area (Å²) in [5.41, 5.74) is 5.33. The molecule has 0 saturated heterocycles. The van der Waals surface area contributed by atoms with E-state index in [-0.39, 0.29) is 0 Å². The molecule has 0 spiro atoms. The molecule has 0 amide bonds. The number of benzene rings is 4. The summed E-state index contributed by atoms with van der Waals surface area (Å²) in [4.78, 5) is 36.9. The molecule has 246 valence electrons. The smallest absolute Gasteiger partial charge is 0.341 e. The van der Waals surface area contributed by atoms with Gasteiger partial charge in [0.25, 0.3) is 0 Å². The summed E-state index contributed by atoms with van der Waals surface area (Å²) >= 11 is 0. The third-order valence-electron chi connectivity index (χ3n) is 7.88. The number of aromatic nitrogens is 4. The van der Waals surface area contributed by atoms with Crippen LogP contribution in [0, 0.1) is 12.3 Å². The fourth-order valence-electron chi connectivity index (χ4n) is 5.24. The van der Waals surface area contributed by atoms with Crippen LogP contribution in [0.4, 0.5) is 11.5 Å². The molecule has 0 saturated carbocycles. The third kappa shape index (κ3) is 6.91. The van der Waals surface area contributed by atoms with Crippen molar-refractivity contribution >= 4 is 51.1 Å². The zero-order valence-electron chi connectivity index (χ0n) is 27.6. The number of nitrogens with one attached hydrogen (secondary N) is 1. The van der Waals surface area contributed by atoms with E-state index in [0.717, 1.165) is 27.5 Å². The molecule has 2 heterocycles. The second kappa shape index (κ2) is 13.5. The Hall–Kier alpha value is -6.23. The topological polar surface area (TPSA) is 142 Å². The third-order valence-corrected chi connectivity index (χ3v) is 7.88. The highest BCUT2D eigenvalue weighted by molar-refractivity contribution is 6.09. The molecule has 0 atom stereocenters. The maximum atomic E-state index is 13.0. The van der Waals surface area contributed by atoms with Gasteiger partial charge in [-0.15, -0.1) is 15.3 Å². The predicted octanol–water partition coefficient (Wildman–Crippen LogP) is 7.45. The SMILES string of the molecule is COC(=O)c1ccc(Nc2nnc(C)c3cc(-c4cccc(-c5ccc(C(=O)OCOC(=O)C(C)(C)C)c6ccccc56)c4)nnc23)cc1. The van der Waals surface area contributed by atoms with Gasteiger partial charge in [-0.2, -0.15) is 5.10 Å².